The van der Waals surface area contributed by atoms with E-state index in [4.69, 9.17) is 21.1 Å². The highest BCUT2D eigenvalue weighted by Crippen LogP contribution is 2.19. The van der Waals surface area contributed by atoms with Crippen LogP contribution in [0.1, 0.15) is 25.8 Å². The second-order valence-electron chi connectivity index (χ2n) is 6.36. The van der Waals surface area contributed by atoms with Crippen LogP contribution in [0.3, 0.4) is 0 Å². The number of benzene rings is 1. The molecule has 0 saturated heterocycles. The molecule has 0 heterocycles. The molecule has 1 aromatic rings. The molecular weight excluding hydrogens is 320 g/mol. The van der Waals surface area contributed by atoms with Gasteiger partial charge in [0.05, 0.1) is 18.5 Å². The topological polar surface area (TPSA) is 94.0 Å². The average Bonchev–Trinajstić information content (AvgIpc) is 2.59. The molecule has 0 unspecified atom stereocenters. The van der Waals surface area contributed by atoms with E-state index in [-0.39, 0.29) is 6.61 Å². The normalized spacial score (nSPS) is 11.8. The molecule has 0 aromatic heterocycles. The van der Waals surface area contributed by atoms with Crippen molar-refractivity contribution in [3.05, 3.63) is 35.5 Å². The van der Waals surface area contributed by atoms with Crippen LogP contribution in [0.5, 0.6) is 5.75 Å². The molecule has 0 atom stereocenters. The van der Waals surface area contributed by atoms with Crippen LogP contribution in [0, 0.1) is 5.92 Å². The third-order valence-corrected chi connectivity index (χ3v) is 3.82. The second-order valence-corrected chi connectivity index (χ2v) is 6.36. The van der Waals surface area contributed by atoms with Crippen LogP contribution in [0.2, 0.25) is 0 Å². The number of ether oxygens (including phenoxy) is 2. The molecule has 0 aliphatic rings. The first-order valence-corrected chi connectivity index (χ1v) is 8.25. The summed E-state index contributed by atoms with van der Waals surface area (Å²) in [5.41, 5.74) is 7.95. The number of carbonyl (C=O) groups excluding carboxylic acids is 1. The van der Waals surface area contributed by atoms with E-state index in [1.54, 1.807) is 26.1 Å². The fourth-order valence-corrected chi connectivity index (χ4v) is 2.09. The quantitative estimate of drug-likeness (QED) is 0.552. The molecule has 0 aliphatic heterocycles. The number of nitrogens with zero attached hydrogens (tertiary/aromatic N) is 2. The highest BCUT2D eigenvalue weighted by molar-refractivity contribution is 5.69. The van der Waals surface area contributed by atoms with E-state index >= 15 is 0 Å². The van der Waals surface area contributed by atoms with Crippen molar-refractivity contribution in [2.75, 3.05) is 34.4 Å². The fourth-order valence-electron chi connectivity index (χ4n) is 2.09. The summed E-state index contributed by atoms with van der Waals surface area (Å²) in [4.78, 5) is 13.6. The summed E-state index contributed by atoms with van der Waals surface area (Å²) in [5.74, 6) is 7.11. The van der Waals surface area contributed by atoms with Crippen molar-refractivity contribution in [1.82, 2.24) is 9.91 Å². The first-order valence-electron chi connectivity index (χ1n) is 8.25. The molecular formula is C18H30N4O3. The van der Waals surface area contributed by atoms with Crippen molar-refractivity contribution in [2.45, 2.75) is 20.3 Å². The van der Waals surface area contributed by atoms with E-state index < -0.39 is 6.09 Å². The Balaban J connectivity index is 2.80. The lowest BCUT2D eigenvalue weighted by Gasteiger charge is -2.22. The van der Waals surface area contributed by atoms with Crippen molar-refractivity contribution in [1.29, 1.82) is 0 Å². The number of hydrogen-bond donors (Lipinski definition) is 2. The molecule has 0 radical (unpaired) electrons. The molecule has 0 spiro atoms. The maximum atomic E-state index is 12.1. The smallest absolute Gasteiger partial charge is 0.409 e. The molecule has 1 rings (SSSR count). The number of hydrogen-bond acceptors (Lipinski definition) is 6. The predicted molar refractivity (Wildman–Crippen MR) is 99.5 cm³/mol. The lowest BCUT2D eigenvalue weighted by atomic mass is 10.1. The standard InChI is InChI=1S/C18H30N4O3/c1-13(2)10-11-21(3)18(23)25-12-16(22(4)20)17(19)14-6-8-15(24-5)9-7-14/h6-9,13H,10-12,19-20H2,1-5H3/b17-16-. The molecule has 0 aliphatic carbocycles. The first-order chi connectivity index (χ1) is 11.8. The van der Waals surface area contributed by atoms with Gasteiger partial charge in [-0.3, -0.25) is 0 Å². The van der Waals surface area contributed by atoms with E-state index in [0.717, 1.165) is 17.7 Å². The van der Waals surface area contributed by atoms with Crippen LogP contribution >= 0.6 is 0 Å². The zero-order valence-electron chi connectivity index (χ0n) is 15.8. The van der Waals surface area contributed by atoms with Crippen LogP contribution in [-0.2, 0) is 4.74 Å². The maximum Gasteiger partial charge on any atom is 0.409 e. The predicted octanol–water partition coefficient (Wildman–Crippen LogP) is 2.24. The Morgan fingerprint density at radius 2 is 1.80 bits per heavy atom. The minimum absolute atomic E-state index is 0.00425. The number of nitrogens with two attached hydrogens (primary N) is 2. The Morgan fingerprint density at radius 1 is 1.20 bits per heavy atom. The van der Waals surface area contributed by atoms with Crippen molar-refractivity contribution in [3.8, 4) is 5.75 Å². The SMILES string of the molecule is COc1ccc(/C(N)=C(\COC(=O)N(C)CCC(C)C)N(C)N)cc1. The maximum absolute atomic E-state index is 12.1. The largest absolute Gasteiger partial charge is 0.497 e. The van der Waals surface area contributed by atoms with Crippen LogP contribution in [0.15, 0.2) is 30.0 Å². The molecule has 7 heteroatoms. The summed E-state index contributed by atoms with van der Waals surface area (Å²) in [6.45, 7) is 4.86. The molecule has 0 bridgehead atoms. The van der Waals surface area contributed by atoms with Gasteiger partial charge in [-0.15, -0.1) is 0 Å². The summed E-state index contributed by atoms with van der Waals surface area (Å²) in [6.07, 6.45) is 0.515. The van der Waals surface area contributed by atoms with Crippen LogP contribution in [0.25, 0.3) is 5.70 Å². The zero-order chi connectivity index (χ0) is 19.0. The van der Waals surface area contributed by atoms with Gasteiger partial charge in [-0.1, -0.05) is 13.8 Å². The average molecular weight is 350 g/mol. The van der Waals surface area contributed by atoms with Crippen molar-refractivity contribution >= 4 is 11.8 Å². The van der Waals surface area contributed by atoms with Gasteiger partial charge < -0.3 is 25.1 Å². The van der Waals surface area contributed by atoms with Crippen LogP contribution in [0.4, 0.5) is 4.79 Å². The Morgan fingerprint density at radius 3 is 2.28 bits per heavy atom. The molecule has 1 amide bonds. The van der Waals surface area contributed by atoms with Gasteiger partial charge in [0, 0.05) is 20.6 Å². The number of methoxy groups -OCH3 is 1. The monoisotopic (exact) mass is 350 g/mol. The number of carbonyl (C=O) groups is 1. The van der Waals surface area contributed by atoms with Gasteiger partial charge in [-0.25, -0.2) is 10.6 Å². The van der Waals surface area contributed by atoms with E-state index in [2.05, 4.69) is 13.8 Å². The van der Waals surface area contributed by atoms with Crippen molar-refractivity contribution < 1.29 is 14.3 Å². The van der Waals surface area contributed by atoms with Gasteiger partial charge in [0.25, 0.3) is 0 Å². The van der Waals surface area contributed by atoms with Crippen LogP contribution in [-0.4, -0.2) is 50.4 Å². The van der Waals surface area contributed by atoms with E-state index in [1.807, 2.05) is 24.3 Å². The van der Waals surface area contributed by atoms with Gasteiger partial charge in [-0.2, -0.15) is 0 Å². The first kappa shape index (κ1) is 20.6. The fraction of sp³-hybridized carbons (Fsp3) is 0.500. The highest BCUT2D eigenvalue weighted by atomic mass is 16.6. The third-order valence-electron chi connectivity index (χ3n) is 3.82. The summed E-state index contributed by atoms with van der Waals surface area (Å²) < 4.78 is 10.5. The molecule has 1 aromatic carbocycles. The summed E-state index contributed by atoms with van der Waals surface area (Å²) in [6, 6.07) is 7.27. The van der Waals surface area contributed by atoms with Gasteiger partial charge in [0.1, 0.15) is 12.4 Å². The number of hydrazine groups is 1. The Kier molecular flexibility index (Phi) is 8.07. The van der Waals surface area contributed by atoms with Crippen LogP contribution < -0.4 is 16.3 Å². The summed E-state index contributed by atoms with van der Waals surface area (Å²) in [7, 11) is 4.97. The highest BCUT2D eigenvalue weighted by Gasteiger charge is 2.15. The molecule has 4 N–H and O–H groups in total. The Labute approximate surface area is 150 Å². The van der Waals surface area contributed by atoms with Gasteiger partial charge in [0.2, 0.25) is 0 Å². The Hall–Kier alpha value is -2.41. The van der Waals surface area contributed by atoms with Gasteiger partial charge in [-0.05, 0) is 42.2 Å². The molecule has 0 fully saturated rings. The molecule has 0 saturated carbocycles. The van der Waals surface area contributed by atoms with E-state index in [9.17, 15) is 4.79 Å². The van der Waals surface area contributed by atoms with E-state index in [0.29, 0.717) is 23.9 Å². The van der Waals surface area contributed by atoms with Gasteiger partial charge >= 0.3 is 6.09 Å². The summed E-state index contributed by atoms with van der Waals surface area (Å²) in [5, 5.41) is 1.36. The number of likely N-dealkylation sites (N-methyl/N-ethyl adjacent to an activating group) is 1. The molecule has 7 nitrogen and oxygen atoms in total. The van der Waals surface area contributed by atoms with E-state index in [1.165, 1.54) is 5.01 Å². The minimum Gasteiger partial charge on any atom is -0.497 e. The zero-order valence-corrected chi connectivity index (χ0v) is 15.8. The lowest BCUT2D eigenvalue weighted by molar-refractivity contribution is 0.112. The minimum atomic E-state index is -0.400. The summed E-state index contributed by atoms with van der Waals surface area (Å²) >= 11 is 0. The molecule has 25 heavy (non-hydrogen) atoms. The van der Waals surface area contributed by atoms with Crippen molar-refractivity contribution in [3.63, 3.8) is 0 Å². The van der Waals surface area contributed by atoms with Gasteiger partial charge in [0.15, 0.2) is 0 Å². The third kappa shape index (κ3) is 6.54. The van der Waals surface area contributed by atoms with Crippen molar-refractivity contribution in [2.24, 2.45) is 17.5 Å². The second kappa shape index (κ2) is 9.78. The number of rotatable bonds is 8. The number of amides is 1. The molecule has 140 valence electrons. The lowest BCUT2D eigenvalue weighted by Crippen LogP contribution is -2.34. The Bertz CT molecular complexity index is 582.